The van der Waals surface area contributed by atoms with Gasteiger partial charge in [0.05, 0.1) is 12.8 Å². The highest BCUT2D eigenvalue weighted by Crippen LogP contribution is 2.18. The van der Waals surface area contributed by atoms with Gasteiger partial charge in [0, 0.05) is 18.3 Å². The summed E-state index contributed by atoms with van der Waals surface area (Å²) >= 11 is 5.11. The lowest BCUT2D eigenvalue weighted by Gasteiger charge is -2.09. The molecule has 146 valence electrons. The number of aromatic nitrogens is 3. The molecule has 2 amide bonds. The van der Waals surface area contributed by atoms with Gasteiger partial charge in [-0.3, -0.25) is 14.7 Å². The fraction of sp³-hybridized carbons (Fsp3) is 0.222. The second-order valence-electron chi connectivity index (χ2n) is 5.71. The quantitative estimate of drug-likeness (QED) is 0.500. The summed E-state index contributed by atoms with van der Waals surface area (Å²) < 4.78 is 12.8. The predicted octanol–water partition coefficient (Wildman–Crippen LogP) is 2.50. The molecule has 0 spiro atoms. The Hall–Kier alpha value is -3.40. The van der Waals surface area contributed by atoms with Crippen LogP contribution in [0.2, 0.25) is 0 Å². The number of rotatable bonds is 8. The van der Waals surface area contributed by atoms with Crippen molar-refractivity contribution in [1.82, 2.24) is 20.1 Å². The number of amides is 2. The van der Waals surface area contributed by atoms with E-state index in [1.807, 2.05) is 6.92 Å². The van der Waals surface area contributed by atoms with Gasteiger partial charge < -0.3 is 24.4 Å². The first-order chi connectivity index (χ1) is 13.6. The van der Waals surface area contributed by atoms with Crippen LogP contribution >= 0.6 is 12.2 Å². The lowest BCUT2D eigenvalue weighted by atomic mass is 10.3. The largest absolute Gasteiger partial charge is 0.484 e. The van der Waals surface area contributed by atoms with E-state index in [4.69, 9.17) is 21.4 Å². The first-order valence-electron chi connectivity index (χ1n) is 8.55. The fourth-order valence-corrected chi connectivity index (χ4v) is 2.73. The van der Waals surface area contributed by atoms with Gasteiger partial charge in [0.15, 0.2) is 23.0 Å². The predicted molar refractivity (Wildman–Crippen MR) is 104 cm³/mol. The molecule has 1 aromatic carbocycles. The molecule has 0 unspecified atom stereocenters. The summed E-state index contributed by atoms with van der Waals surface area (Å²) in [6, 6.07) is 9.93. The van der Waals surface area contributed by atoms with Gasteiger partial charge >= 0.3 is 0 Å². The standard InChI is InChI=1S/C18H19N5O4S/c1-2-23-15(21-22-18(23)28)10-19-16(24)11-27-13-6-3-5-12(9-13)20-17(25)14-7-4-8-26-14/h3-9H,2,10-11H2,1H3,(H,19,24)(H,20,25)(H,22,28). The van der Waals surface area contributed by atoms with Gasteiger partial charge in [-0.1, -0.05) is 6.07 Å². The number of carbonyl (C=O) groups excluding carboxylic acids is 2. The molecule has 9 nitrogen and oxygen atoms in total. The zero-order valence-electron chi connectivity index (χ0n) is 15.1. The maximum Gasteiger partial charge on any atom is 0.291 e. The average Bonchev–Trinajstić information content (AvgIpc) is 3.35. The van der Waals surface area contributed by atoms with Crippen molar-refractivity contribution in [3.8, 4) is 5.75 Å². The van der Waals surface area contributed by atoms with Crippen molar-refractivity contribution in [2.24, 2.45) is 0 Å². The number of nitrogens with one attached hydrogen (secondary N) is 3. The van der Waals surface area contributed by atoms with Crippen molar-refractivity contribution in [1.29, 1.82) is 0 Å². The van der Waals surface area contributed by atoms with E-state index in [9.17, 15) is 9.59 Å². The van der Waals surface area contributed by atoms with Crippen molar-refractivity contribution in [3.63, 3.8) is 0 Å². The van der Waals surface area contributed by atoms with Crippen LogP contribution in [-0.2, 0) is 17.9 Å². The molecular formula is C18H19N5O4S. The van der Waals surface area contributed by atoms with E-state index in [0.29, 0.717) is 28.6 Å². The molecule has 0 saturated carbocycles. The van der Waals surface area contributed by atoms with E-state index in [0.717, 1.165) is 0 Å². The zero-order chi connectivity index (χ0) is 19.9. The smallest absolute Gasteiger partial charge is 0.291 e. The van der Waals surface area contributed by atoms with Crippen LogP contribution in [-0.4, -0.2) is 33.2 Å². The molecular weight excluding hydrogens is 382 g/mol. The number of H-pyrrole nitrogens is 1. The molecule has 2 heterocycles. The van der Waals surface area contributed by atoms with E-state index in [-0.39, 0.29) is 30.7 Å². The maximum atomic E-state index is 12.0. The molecule has 0 saturated heterocycles. The summed E-state index contributed by atoms with van der Waals surface area (Å²) in [4.78, 5) is 24.0. The molecule has 3 N–H and O–H groups in total. The van der Waals surface area contributed by atoms with Gasteiger partial charge in [0.25, 0.3) is 11.8 Å². The molecule has 0 fully saturated rings. The number of furan rings is 1. The van der Waals surface area contributed by atoms with Crippen LogP contribution in [0.1, 0.15) is 23.3 Å². The monoisotopic (exact) mass is 401 g/mol. The third-order valence-electron chi connectivity index (χ3n) is 3.80. The summed E-state index contributed by atoms with van der Waals surface area (Å²) in [5, 5.41) is 12.2. The average molecular weight is 401 g/mol. The molecule has 0 radical (unpaired) electrons. The van der Waals surface area contributed by atoms with Crippen molar-refractivity contribution in [3.05, 3.63) is 59.0 Å². The number of ether oxygens (including phenoxy) is 1. The minimum absolute atomic E-state index is 0.174. The maximum absolute atomic E-state index is 12.0. The Morgan fingerprint density at radius 1 is 1.32 bits per heavy atom. The van der Waals surface area contributed by atoms with Crippen LogP contribution in [0, 0.1) is 4.77 Å². The van der Waals surface area contributed by atoms with Gasteiger partial charge in [0.2, 0.25) is 0 Å². The van der Waals surface area contributed by atoms with Crippen molar-refractivity contribution in [2.75, 3.05) is 11.9 Å². The lowest BCUT2D eigenvalue weighted by Crippen LogP contribution is -2.29. The van der Waals surface area contributed by atoms with Gasteiger partial charge in [-0.2, -0.15) is 5.10 Å². The molecule has 28 heavy (non-hydrogen) atoms. The number of carbonyl (C=O) groups is 2. The number of anilines is 1. The molecule has 3 aromatic rings. The van der Waals surface area contributed by atoms with E-state index in [1.54, 1.807) is 41.0 Å². The molecule has 0 aliphatic heterocycles. The molecule has 0 aliphatic carbocycles. The first-order valence-corrected chi connectivity index (χ1v) is 8.96. The van der Waals surface area contributed by atoms with Crippen LogP contribution < -0.4 is 15.4 Å². The van der Waals surface area contributed by atoms with Crippen LogP contribution in [0.5, 0.6) is 5.75 Å². The third-order valence-corrected chi connectivity index (χ3v) is 4.12. The number of aromatic amines is 1. The Bertz CT molecular complexity index is 1010. The molecule has 2 aromatic heterocycles. The number of benzene rings is 1. The van der Waals surface area contributed by atoms with Gasteiger partial charge in [-0.05, 0) is 43.4 Å². The van der Waals surface area contributed by atoms with Crippen LogP contribution in [0.25, 0.3) is 0 Å². The highest BCUT2D eigenvalue weighted by molar-refractivity contribution is 7.71. The number of nitrogens with zero attached hydrogens (tertiary/aromatic N) is 2. The minimum Gasteiger partial charge on any atom is -0.484 e. The van der Waals surface area contributed by atoms with Gasteiger partial charge in [-0.15, -0.1) is 0 Å². The van der Waals surface area contributed by atoms with Crippen LogP contribution in [0.3, 0.4) is 0 Å². The van der Waals surface area contributed by atoms with Gasteiger partial charge in [-0.25, -0.2) is 0 Å². The lowest BCUT2D eigenvalue weighted by molar-refractivity contribution is -0.123. The normalized spacial score (nSPS) is 10.5. The minimum atomic E-state index is -0.371. The van der Waals surface area contributed by atoms with E-state index < -0.39 is 0 Å². The fourth-order valence-electron chi connectivity index (χ4n) is 2.45. The van der Waals surface area contributed by atoms with Crippen LogP contribution in [0.15, 0.2) is 47.1 Å². The summed E-state index contributed by atoms with van der Waals surface area (Å²) in [6.07, 6.45) is 1.42. The van der Waals surface area contributed by atoms with Crippen LogP contribution in [0.4, 0.5) is 5.69 Å². The molecule has 0 bridgehead atoms. The van der Waals surface area contributed by atoms with E-state index in [2.05, 4.69) is 20.8 Å². The molecule has 0 aliphatic rings. The second kappa shape index (κ2) is 9.00. The Labute approximate surface area is 165 Å². The Balaban J connectivity index is 1.50. The SMILES string of the molecule is CCn1c(CNC(=O)COc2cccc(NC(=O)c3ccco3)c2)n[nH]c1=S. The molecule has 3 rings (SSSR count). The van der Waals surface area contributed by atoms with Gasteiger partial charge in [0.1, 0.15) is 5.75 Å². The zero-order valence-corrected chi connectivity index (χ0v) is 15.9. The summed E-state index contributed by atoms with van der Waals surface area (Å²) in [7, 11) is 0. The topological polar surface area (TPSA) is 114 Å². The first kappa shape index (κ1) is 19.4. The Morgan fingerprint density at radius 3 is 2.93 bits per heavy atom. The molecule has 0 atom stereocenters. The van der Waals surface area contributed by atoms with E-state index >= 15 is 0 Å². The number of hydrogen-bond acceptors (Lipinski definition) is 6. The number of hydrogen-bond donors (Lipinski definition) is 3. The van der Waals surface area contributed by atoms with Crippen molar-refractivity contribution in [2.45, 2.75) is 20.0 Å². The highest BCUT2D eigenvalue weighted by Gasteiger charge is 2.10. The summed E-state index contributed by atoms with van der Waals surface area (Å²) in [6.45, 7) is 2.67. The second-order valence-corrected chi connectivity index (χ2v) is 6.10. The Morgan fingerprint density at radius 2 is 2.18 bits per heavy atom. The van der Waals surface area contributed by atoms with E-state index in [1.165, 1.54) is 6.26 Å². The summed E-state index contributed by atoms with van der Waals surface area (Å²) in [5.74, 6) is 0.619. The third kappa shape index (κ3) is 4.86. The Kier molecular flexibility index (Phi) is 6.22. The van der Waals surface area contributed by atoms with Crippen molar-refractivity contribution >= 4 is 29.7 Å². The summed E-state index contributed by atoms with van der Waals surface area (Å²) in [5.41, 5.74) is 0.526. The molecule has 10 heteroatoms. The van der Waals surface area contributed by atoms with Crippen molar-refractivity contribution < 1.29 is 18.7 Å². The highest BCUT2D eigenvalue weighted by atomic mass is 32.1.